The highest BCUT2D eigenvalue weighted by Gasteiger charge is 2.31. The predicted octanol–water partition coefficient (Wildman–Crippen LogP) is -3.11. The Bertz CT molecular complexity index is 1260. The molecule has 0 spiro atoms. The number of primary amides is 1. The molecule has 0 radical (unpaired) electrons. The largest absolute Gasteiger partial charge is 0.480 e. The maximum Gasteiger partial charge on any atom is 0.328 e. The number of aliphatic hydroxyl groups is 1. The van der Waals surface area contributed by atoms with Gasteiger partial charge in [-0.05, 0) is 30.9 Å². The minimum atomic E-state index is -1.62. The van der Waals surface area contributed by atoms with Gasteiger partial charge in [0.1, 0.15) is 18.1 Å². The number of nitrogens with one attached hydrogen (secondary N) is 4. The topological polar surface area (TPSA) is 294 Å². The summed E-state index contributed by atoms with van der Waals surface area (Å²) in [6, 6.07) is 1.94. The minimum absolute atomic E-state index is 0.0693. The van der Waals surface area contributed by atoms with E-state index in [1.165, 1.54) is 0 Å². The third-order valence-electron chi connectivity index (χ3n) is 6.15. The fourth-order valence-corrected chi connectivity index (χ4v) is 3.94. The van der Waals surface area contributed by atoms with Crippen molar-refractivity contribution >= 4 is 46.5 Å². The quantitative estimate of drug-likeness (QED) is 0.0514. The number of amides is 4. The zero-order valence-electron chi connectivity index (χ0n) is 22.3. The summed E-state index contributed by atoms with van der Waals surface area (Å²) in [7, 11) is 0. The molecule has 14 N–H and O–H groups in total. The van der Waals surface area contributed by atoms with Crippen molar-refractivity contribution in [3.63, 3.8) is 0 Å². The standard InChI is InChI=1S/C25H37N9O7/c26-15(5-3-9-30-25(28)29)21(37)32-17(7-8-20(27)36)22(38)33-18(23(39)34-19(12-35)24(40)41)10-13-11-31-16-6-2-1-4-14(13)16/h1-2,4,6,11,15,17-19,31,35H,3,5,7-10,12,26H2,(H2,27,36)(H,32,37)(H,33,38)(H,34,39)(H,40,41)(H4,28,29,30). The zero-order valence-corrected chi connectivity index (χ0v) is 22.3. The number of aromatic nitrogens is 1. The van der Waals surface area contributed by atoms with Crippen molar-refractivity contribution in [2.24, 2.45) is 27.9 Å². The molecule has 0 aliphatic rings. The van der Waals surface area contributed by atoms with E-state index in [0.717, 1.165) is 10.9 Å². The lowest BCUT2D eigenvalue weighted by Crippen LogP contribution is -2.58. The van der Waals surface area contributed by atoms with E-state index in [2.05, 4.69) is 25.9 Å². The Morgan fingerprint density at radius 2 is 1.54 bits per heavy atom. The molecule has 224 valence electrons. The Balaban J connectivity index is 2.24. The second-order valence-electron chi connectivity index (χ2n) is 9.33. The fraction of sp³-hybridized carbons (Fsp3) is 0.440. The summed E-state index contributed by atoms with van der Waals surface area (Å²) >= 11 is 0. The lowest BCUT2D eigenvalue weighted by atomic mass is 10.0. The molecule has 0 saturated carbocycles. The van der Waals surface area contributed by atoms with Gasteiger partial charge in [0, 0.05) is 36.5 Å². The molecular formula is C25H37N9O7. The van der Waals surface area contributed by atoms with E-state index < -0.39 is 60.4 Å². The monoisotopic (exact) mass is 575 g/mol. The molecule has 2 aromatic rings. The summed E-state index contributed by atoms with van der Waals surface area (Å²) in [6.45, 7) is -0.641. The second-order valence-corrected chi connectivity index (χ2v) is 9.33. The number of H-pyrrole nitrogens is 1. The van der Waals surface area contributed by atoms with Crippen molar-refractivity contribution < 1.29 is 34.2 Å². The number of aliphatic imine (C=N–C) groups is 1. The number of nitrogens with zero attached hydrogens (tertiary/aromatic N) is 1. The molecule has 0 bridgehead atoms. The first-order chi connectivity index (χ1) is 19.4. The number of aromatic amines is 1. The van der Waals surface area contributed by atoms with Gasteiger partial charge < -0.3 is 54.1 Å². The Morgan fingerprint density at radius 3 is 2.17 bits per heavy atom. The number of nitrogens with two attached hydrogens (primary N) is 4. The number of aliphatic carboxylic acids is 1. The third-order valence-corrected chi connectivity index (χ3v) is 6.15. The maximum atomic E-state index is 13.3. The lowest BCUT2D eigenvalue weighted by Gasteiger charge is -2.25. The van der Waals surface area contributed by atoms with Gasteiger partial charge in [-0.2, -0.15) is 0 Å². The summed E-state index contributed by atoms with van der Waals surface area (Å²) in [5.41, 5.74) is 23.1. The number of guanidine groups is 1. The van der Waals surface area contributed by atoms with Crippen molar-refractivity contribution in [3.8, 4) is 0 Å². The Kier molecular flexibility index (Phi) is 12.5. The number of carbonyl (C=O) groups excluding carboxylic acids is 4. The van der Waals surface area contributed by atoms with Crippen molar-refractivity contribution in [1.29, 1.82) is 0 Å². The first-order valence-electron chi connectivity index (χ1n) is 12.8. The van der Waals surface area contributed by atoms with Gasteiger partial charge in [-0.25, -0.2) is 4.79 Å². The highest BCUT2D eigenvalue weighted by atomic mass is 16.4. The van der Waals surface area contributed by atoms with E-state index in [9.17, 15) is 34.2 Å². The molecular weight excluding hydrogens is 538 g/mol. The molecule has 0 aliphatic heterocycles. The van der Waals surface area contributed by atoms with Crippen LogP contribution in [0.1, 0.15) is 31.2 Å². The van der Waals surface area contributed by atoms with Gasteiger partial charge in [0.15, 0.2) is 5.96 Å². The molecule has 16 nitrogen and oxygen atoms in total. The van der Waals surface area contributed by atoms with E-state index in [1.807, 2.05) is 12.1 Å². The van der Waals surface area contributed by atoms with Crippen LogP contribution in [-0.2, 0) is 30.4 Å². The summed E-state index contributed by atoms with van der Waals surface area (Å²) in [6.07, 6.45) is 1.70. The fourth-order valence-electron chi connectivity index (χ4n) is 3.94. The van der Waals surface area contributed by atoms with E-state index in [4.69, 9.17) is 22.9 Å². The second kappa shape index (κ2) is 15.8. The SMILES string of the molecule is NC(=O)CCC(NC(=O)C(N)CCCN=C(N)N)C(=O)NC(Cc1c[nH]c2ccccc12)C(=O)NC(CO)C(=O)O. The Hall–Kier alpha value is -4.70. The molecule has 1 aromatic heterocycles. The third kappa shape index (κ3) is 10.4. The zero-order chi connectivity index (χ0) is 30.5. The van der Waals surface area contributed by atoms with Crippen molar-refractivity contribution in [1.82, 2.24) is 20.9 Å². The van der Waals surface area contributed by atoms with Crippen LogP contribution >= 0.6 is 0 Å². The van der Waals surface area contributed by atoms with E-state index in [1.54, 1.807) is 18.3 Å². The summed E-state index contributed by atoms with van der Waals surface area (Å²) in [5, 5.41) is 26.6. The molecule has 16 heteroatoms. The van der Waals surface area contributed by atoms with Crippen molar-refractivity contribution in [3.05, 3.63) is 36.0 Å². The number of hydrogen-bond donors (Lipinski definition) is 10. The van der Waals surface area contributed by atoms with Gasteiger partial charge >= 0.3 is 5.97 Å². The van der Waals surface area contributed by atoms with Crippen LogP contribution in [0.25, 0.3) is 10.9 Å². The Morgan fingerprint density at radius 1 is 0.902 bits per heavy atom. The number of carbonyl (C=O) groups is 5. The average molecular weight is 576 g/mol. The van der Waals surface area contributed by atoms with Crippen LogP contribution in [-0.4, -0.2) is 88.1 Å². The summed E-state index contributed by atoms with van der Waals surface area (Å²) < 4.78 is 0. The number of carboxylic acid groups (broad SMARTS) is 1. The first kappa shape index (κ1) is 32.5. The lowest BCUT2D eigenvalue weighted by molar-refractivity contribution is -0.143. The van der Waals surface area contributed by atoms with Crippen LogP contribution in [0.5, 0.6) is 0 Å². The van der Waals surface area contributed by atoms with E-state index in [0.29, 0.717) is 12.0 Å². The smallest absolute Gasteiger partial charge is 0.328 e. The molecule has 41 heavy (non-hydrogen) atoms. The number of fused-ring (bicyclic) bond motifs is 1. The molecule has 4 amide bonds. The number of hydrogen-bond acceptors (Lipinski definition) is 8. The molecule has 1 heterocycles. The number of aliphatic hydroxyl groups excluding tert-OH is 1. The molecule has 0 aliphatic carbocycles. The van der Waals surface area contributed by atoms with Crippen LogP contribution in [0, 0.1) is 0 Å². The van der Waals surface area contributed by atoms with E-state index in [-0.39, 0.29) is 38.2 Å². The van der Waals surface area contributed by atoms with E-state index >= 15 is 0 Å². The van der Waals surface area contributed by atoms with Crippen molar-refractivity contribution in [2.75, 3.05) is 13.2 Å². The number of benzene rings is 1. The maximum absolute atomic E-state index is 13.3. The molecule has 4 atom stereocenters. The van der Waals surface area contributed by atoms with Crippen LogP contribution in [0.4, 0.5) is 0 Å². The molecule has 2 rings (SSSR count). The van der Waals surface area contributed by atoms with Crippen LogP contribution < -0.4 is 38.9 Å². The summed E-state index contributed by atoms with van der Waals surface area (Å²) in [5.74, 6) is -4.71. The molecule has 4 unspecified atom stereocenters. The van der Waals surface area contributed by atoms with Gasteiger partial charge in [0.05, 0.1) is 12.6 Å². The van der Waals surface area contributed by atoms with Gasteiger partial charge in [-0.3, -0.25) is 24.2 Å². The van der Waals surface area contributed by atoms with Crippen LogP contribution in [0.3, 0.4) is 0 Å². The predicted molar refractivity (Wildman–Crippen MR) is 149 cm³/mol. The number of rotatable bonds is 17. The van der Waals surface area contributed by atoms with Crippen LogP contribution in [0.2, 0.25) is 0 Å². The van der Waals surface area contributed by atoms with Gasteiger partial charge in [0.25, 0.3) is 0 Å². The van der Waals surface area contributed by atoms with Gasteiger partial charge in [-0.15, -0.1) is 0 Å². The van der Waals surface area contributed by atoms with Gasteiger partial charge in [0.2, 0.25) is 23.6 Å². The average Bonchev–Trinajstić information content (AvgIpc) is 3.33. The highest BCUT2D eigenvalue weighted by Crippen LogP contribution is 2.19. The normalized spacial score (nSPS) is 13.8. The Labute approximate surface area is 235 Å². The summed E-state index contributed by atoms with van der Waals surface area (Å²) in [4.78, 5) is 68.8. The molecule has 1 aromatic carbocycles. The number of para-hydroxylation sites is 1. The molecule has 0 fully saturated rings. The van der Waals surface area contributed by atoms with Gasteiger partial charge in [-0.1, -0.05) is 18.2 Å². The number of carboxylic acids is 1. The van der Waals surface area contributed by atoms with Crippen molar-refractivity contribution in [2.45, 2.75) is 56.3 Å². The van der Waals surface area contributed by atoms with Crippen LogP contribution in [0.15, 0.2) is 35.5 Å². The highest BCUT2D eigenvalue weighted by molar-refractivity contribution is 5.95. The minimum Gasteiger partial charge on any atom is -0.480 e. The first-order valence-corrected chi connectivity index (χ1v) is 12.8. The molecule has 0 saturated heterocycles.